The molecular weight excluding hydrogens is 377 g/mol. The highest BCUT2D eigenvalue weighted by molar-refractivity contribution is 5.88. The molecule has 4 rings (SSSR count). The lowest BCUT2D eigenvalue weighted by atomic mass is 9.75. The first-order valence-electron chi connectivity index (χ1n) is 10.3. The molecule has 1 aliphatic rings. The molecule has 30 heavy (non-hydrogen) atoms. The van der Waals surface area contributed by atoms with Gasteiger partial charge in [0.2, 0.25) is 5.91 Å². The molecule has 154 valence electrons. The molecule has 0 radical (unpaired) electrons. The van der Waals surface area contributed by atoms with Crippen LogP contribution < -0.4 is 5.32 Å². The first-order valence-corrected chi connectivity index (χ1v) is 10.3. The maximum Gasteiger partial charge on any atom is 0.233 e. The van der Waals surface area contributed by atoms with Crippen molar-refractivity contribution in [3.8, 4) is 11.1 Å². The Hall–Kier alpha value is -3.05. The third-order valence-electron chi connectivity index (χ3n) is 5.90. The van der Waals surface area contributed by atoms with Crippen molar-refractivity contribution in [3.63, 3.8) is 0 Å². The summed E-state index contributed by atoms with van der Waals surface area (Å²) in [5.74, 6) is -0.214. The number of halogens is 1. The van der Waals surface area contributed by atoms with Gasteiger partial charge in [0.1, 0.15) is 11.2 Å². The van der Waals surface area contributed by atoms with Crippen molar-refractivity contribution in [2.75, 3.05) is 20.1 Å². The smallest absolute Gasteiger partial charge is 0.233 e. The number of amides is 1. The van der Waals surface area contributed by atoms with Crippen LogP contribution in [0.4, 0.5) is 4.39 Å². The van der Waals surface area contributed by atoms with Gasteiger partial charge in [-0.25, -0.2) is 4.39 Å². The molecule has 1 N–H and O–H groups in total. The monoisotopic (exact) mass is 403 g/mol. The molecule has 1 fully saturated rings. The number of piperidine rings is 1. The average Bonchev–Trinajstić information content (AvgIpc) is 2.80. The van der Waals surface area contributed by atoms with Crippen molar-refractivity contribution in [2.24, 2.45) is 0 Å². The number of aromatic nitrogens is 1. The van der Waals surface area contributed by atoms with E-state index < -0.39 is 5.41 Å². The summed E-state index contributed by atoms with van der Waals surface area (Å²) in [5.41, 5.74) is 3.42. The van der Waals surface area contributed by atoms with Crippen LogP contribution in [0, 0.1) is 5.82 Å². The number of pyridine rings is 1. The number of carbonyl (C=O) groups excluding carboxylic acids is 1. The van der Waals surface area contributed by atoms with Gasteiger partial charge in [0.25, 0.3) is 0 Å². The van der Waals surface area contributed by atoms with Gasteiger partial charge in [0.05, 0.1) is 5.69 Å². The number of rotatable bonds is 5. The molecule has 4 nitrogen and oxygen atoms in total. The molecule has 0 aliphatic carbocycles. The number of likely N-dealkylation sites (N-methyl/N-ethyl adjacent to an activating group) is 1. The second kappa shape index (κ2) is 8.76. The Bertz CT molecular complexity index is 1010. The maximum absolute atomic E-state index is 13.3. The van der Waals surface area contributed by atoms with Crippen LogP contribution in [0.3, 0.4) is 0 Å². The largest absolute Gasteiger partial charge is 0.358 e. The summed E-state index contributed by atoms with van der Waals surface area (Å²) in [7, 11) is 1.69. The number of hydrogen-bond acceptors (Lipinski definition) is 3. The van der Waals surface area contributed by atoms with Crippen molar-refractivity contribution in [1.82, 2.24) is 15.2 Å². The predicted octanol–water partition coefficient (Wildman–Crippen LogP) is 4.17. The second-order valence-electron chi connectivity index (χ2n) is 7.90. The molecule has 2 heterocycles. The van der Waals surface area contributed by atoms with E-state index in [-0.39, 0.29) is 11.7 Å². The van der Waals surface area contributed by atoms with Crippen LogP contribution in [-0.4, -0.2) is 35.9 Å². The molecule has 3 aromatic rings. The fraction of sp³-hybridized carbons (Fsp3) is 0.280. The molecule has 0 saturated carbocycles. The molecule has 1 atom stereocenters. The van der Waals surface area contributed by atoms with Crippen LogP contribution in [0.5, 0.6) is 0 Å². The van der Waals surface area contributed by atoms with Gasteiger partial charge in [0, 0.05) is 26.3 Å². The van der Waals surface area contributed by atoms with Gasteiger partial charge in [-0.15, -0.1) is 0 Å². The van der Waals surface area contributed by atoms with E-state index in [1.165, 1.54) is 17.7 Å². The molecule has 5 heteroatoms. The molecule has 1 amide bonds. The zero-order valence-electron chi connectivity index (χ0n) is 17.1. The first kappa shape index (κ1) is 20.2. The van der Waals surface area contributed by atoms with Crippen LogP contribution in [0.25, 0.3) is 11.1 Å². The van der Waals surface area contributed by atoms with Gasteiger partial charge in [-0.05, 0) is 66.4 Å². The lowest BCUT2D eigenvalue weighted by Gasteiger charge is -2.41. The maximum atomic E-state index is 13.3. The number of benzene rings is 2. The Labute approximate surface area is 176 Å². The van der Waals surface area contributed by atoms with Gasteiger partial charge in [-0.2, -0.15) is 0 Å². The van der Waals surface area contributed by atoms with E-state index in [2.05, 4.69) is 27.3 Å². The fourth-order valence-corrected chi connectivity index (χ4v) is 4.42. The van der Waals surface area contributed by atoms with E-state index >= 15 is 0 Å². The Morgan fingerprint density at radius 3 is 2.67 bits per heavy atom. The summed E-state index contributed by atoms with van der Waals surface area (Å²) in [6.07, 6.45) is 3.47. The van der Waals surface area contributed by atoms with Crippen LogP contribution in [0.1, 0.15) is 24.1 Å². The van der Waals surface area contributed by atoms with Crippen LogP contribution in [-0.2, 0) is 16.8 Å². The van der Waals surface area contributed by atoms with E-state index in [4.69, 9.17) is 0 Å². The van der Waals surface area contributed by atoms with Crippen LogP contribution in [0.15, 0.2) is 72.9 Å². The summed E-state index contributed by atoms with van der Waals surface area (Å²) in [6.45, 7) is 2.32. The van der Waals surface area contributed by atoms with E-state index in [1.54, 1.807) is 25.4 Å². The lowest BCUT2D eigenvalue weighted by molar-refractivity contribution is -0.128. The van der Waals surface area contributed by atoms with Gasteiger partial charge < -0.3 is 5.32 Å². The number of nitrogens with one attached hydrogen (secondary N) is 1. The standard InChI is InChI=1S/C25H26FN3O/c1-27-24(30)25(23-8-2-3-14-28-23)13-5-15-29(18-25)17-19-6-4-7-21(16-19)20-9-11-22(26)12-10-20/h2-4,6-12,14,16H,5,13,15,17-18H2,1H3,(H,27,30)/t25-/m0/s1. The number of likely N-dealkylation sites (tertiary alicyclic amines) is 1. The van der Waals surface area contributed by atoms with Gasteiger partial charge in [-0.1, -0.05) is 36.4 Å². The summed E-state index contributed by atoms with van der Waals surface area (Å²) in [4.78, 5) is 19.8. The van der Waals surface area contributed by atoms with Crippen molar-refractivity contribution < 1.29 is 9.18 Å². The highest BCUT2D eigenvalue weighted by atomic mass is 19.1. The average molecular weight is 404 g/mol. The Balaban J connectivity index is 1.57. The molecule has 0 bridgehead atoms. The highest BCUT2D eigenvalue weighted by Crippen LogP contribution is 2.34. The van der Waals surface area contributed by atoms with E-state index in [9.17, 15) is 9.18 Å². The van der Waals surface area contributed by atoms with Crippen LogP contribution >= 0.6 is 0 Å². The Morgan fingerprint density at radius 1 is 1.10 bits per heavy atom. The molecule has 2 aromatic carbocycles. The van der Waals surface area contributed by atoms with Crippen LogP contribution in [0.2, 0.25) is 0 Å². The molecule has 0 spiro atoms. The summed E-state index contributed by atoms with van der Waals surface area (Å²) < 4.78 is 13.3. The third-order valence-corrected chi connectivity index (χ3v) is 5.90. The van der Waals surface area contributed by atoms with Crippen molar-refractivity contribution in [3.05, 3.63) is 90.0 Å². The Kier molecular flexibility index (Phi) is 5.91. The number of hydrogen-bond donors (Lipinski definition) is 1. The van der Waals surface area contributed by atoms with E-state index in [0.29, 0.717) is 6.54 Å². The zero-order chi connectivity index (χ0) is 21.0. The molecule has 0 unspecified atom stereocenters. The first-order chi connectivity index (χ1) is 14.6. The minimum Gasteiger partial charge on any atom is -0.358 e. The predicted molar refractivity (Wildman–Crippen MR) is 116 cm³/mol. The minimum atomic E-state index is -0.636. The van der Waals surface area contributed by atoms with Crippen molar-refractivity contribution in [2.45, 2.75) is 24.8 Å². The van der Waals surface area contributed by atoms with Crippen molar-refractivity contribution in [1.29, 1.82) is 0 Å². The highest BCUT2D eigenvalue weighted by Gasteiger charge is 2.44. The zero-order valence-corrected chi connectivity index (χ0v) is 17.1. The van der Waals surface area contributed by atoms with Gasteiger partial charge >= 0.3 is 0 Å². The van der Waals surface area contributed by atoms with Crippen molar-refractivity contribution >= 4 is 5.91 Å². The SMILES string of the molecule is CNC(=O)[C@@]1(c2ccccn2)CCCN(Cc2cccc(-c3ccc(F)cc3)c2)C1. The Morgan fingerprint density at radius 2 is 1.93 bits per heavy atom. The van der Waals surface area contributed by atoms with Gasteiger partial charge in [-0.3, -0.25) is 14.7 Å². The molecular formula is C25H26FN3O. The molecule has 1 saturated heterocycles. The summed E-state index contributed by atoms with van der Waals surface area (Å²) >= 11 is 0. The molecule has 1 aromatic heterocycles. The quantitative estimate of drug-likeness (QED) is 0.696. The number of carbonyl (C=O) groups is 1. The normalized spacial score (nSPS) is 19.4. The lowest BCUT2D eigenvalue weighted by Crippen LogP contribution is -2.54. The number of nitrogens with zero attached hydrogens (tertiary/aromatic N) is 2. The summed E-state index contributed by atoms with van der Waals surface area (Å²) in [5, 5.41) is 2.86. The van der Waals surface area contributed by atoms with E-state index in [0.717, 1.165) is 42.8 Å². The fourth-order valence-electron chi connectivity index (χ4n) is 4.42. The molecule has 1 aliphatic heterocycles. The minimum absolute atomic E-state index is 0.0194. The summed E-state index contributed by atoms with van der Waals surface area (Å²) in [6, 6.07) is 20.6. The van der Waals surface area contributed by atoms with E-state index in [1.807, 2.05) is 30.3 Å². The van der Waals surface area contributed by atoms with Gasteiger partial charge in [0.15, 0.2) is 0 Å². The third kappa shape index (κ3) is 4.12. The topological polar surface area (TPSA) is 45.2 Å². The second-order valence-corrected chi connectivity index (χ2v) is 7.90.